The van der Waals surface area contributed by atoms with Crippen molar-refractivity contribution >= 4 is 11.7 Å². The van der Waals surface area contributed by atoms with E-state index in [-0.39, 0.29) is 24.4 Å². The van der Waals surface area contributed by atoms with Crippen molar-refractivity contribution in [3.63, 3.8) is 0 Å². The van der Waals surface area contributed by atoms with Crippen molar-refractivity contribution in [1.82, 2.24) is 4.90 Å². The van der Waals surface area contributed by atoms with Crippen LogP contribution in [-0.4, -0.2) is 42.7 Å². The van der Waals surface area contributed by atoms with Crippen molar-refractivity contribution in [2.24, 2.45) is 0 Å². The van der Waals surface area contributed by atoms with E-state index in [0.717, 1.165) is 16.7 Å². The summed E-state index contributed by atoms with van der Waals surface area (Å²) in [5.41, 5.74) is 2.65. The monoisotopic (exact) mass is 419 g/mol. The summed E-state index contributed by atoms with van der Waals surface area (Å²) in [6.07, 6.45) is -2.68. The molecule has 2 atom stereocenters. The first-order valence-corrected chi connectivity index (χ1v) is 9.53. The van der Waals surface area contributed by atoms with Gasteiger partial charge < -0.3 is 14.2 Å². The number of morpholine rings is 1. The fourth-order valence-electron chi connectivity index (χ4n) is 3.76. The maximum Gasteiger partial charge on any atom is 0.573 e. The average molecular weight is 419 g/mol. The van der Waals surface area contributed by atoms with Crippen LogP contribution in [0.4, 0.5) is 18.0 Å². The fraction of sp³-hybridized carbons (Fsp3) is 0.318. The molecule has 0 saturated carbocycles. The summed E-state index contributed by atoms with van der Waals surface area (Å²) in [5.74, 6) is -0.266. The van der Waals surface area contributed by atoms with E-state index in [0.29, 0.717) is 19.6 Å². The van der Waals surface area contributed by atoms with Gasteiger partial charge in [0.05, 0.1) is 25.3 Å². The van der Waals surface area contributed by atoms with Crippen LogP contribution in [0.15, 0.2) is 60.7 Å². The molecule has 2 aromatic rings. The van der Waals surface area contributed by atoms with Gasteiger partial charge in [0.2, 0.25) is 0 Å². The number of amides is 1. The molecule has 0 aliphatic carbocycles. The van der Waals surface area contributed by atoms with Gasteiger partial charge in [-0.15, -0.1) is 13.2 Å². The molecule has 5 nitrogen and oxygen atoms in total. The minimum absolute atomic E-state index is 0.188. The highest BCUT2D eigenvalue weighted by atomic mass is 19.4. The largest absolute Gasteiger partial charge is 0.573 e. The number of carbonyl (C=O) groups excluding carboxylic acids is 1. The first kappa shape index (κ1) is 20.3. The summed E-state index contributed by atoms with van der Waals surface area (Å²) in [5, 5.41) is 0. The molecule has 2 bridgehead atoms. The van der Waals surface area contributed by atoms with Crippen molar-refractivity contribution in [3.8, 4) is 5.75 Å². The van der Waals surface area contributed by atoms with Crippen LogP contribution in [0.25, 0.3) is 5.57 Å². The second kappa shape index (κ2) is 8.39. The third-order valence-corrected chi connectivity index (χ3v) is 5.07. The van der Waals surface area contributed by atoms with Gasteiger partial charge in [-0.05, 0) is 35.3 Å². The first-order valence-electron chi connectivity index (χ1n) is 9.53. The predicted molar refractivity (Wildman–Crippen MR) is 103 cm³/mol. The Labute approximate surface area is 171 Å². The maximum absolute atomic E-state index is 12.7. The molecule has 0 radical (unpaired) electrons. The van der Waals surface area contributed by atoms with Gasteiger partial charge in [-0.1, -0.05) is 48.5 Å². The zero-order valence-electron chi connectivity index (χ0n) is 16.0. The van der Waals surface area contributed by atoms with Crippen LogP contribution in [0.5, 0.6) is 5.75 Å². The summed E-state index contributed by atoms with van der Waals surface area (Å²) in [6.45, 7) is 0.910. The van der Waals surface area contributed by atoms with Gasteiger partial charge >= 0.3 is 12.5 Å². The number of alkyl halides is 3. The highest BCUT2D eigenvalue weighted by Gasteiger charge is 2.39. The first-order chi connectivity index (χ1) is 14.4. The Kier molecular flexibility index (Phi) is 5.67. The second-order valence-electron chi connectivity index (χ2n) is 7.17. The van der Waals surface area contributed by atoms with Gasteiger partial charge in [0, 0.05) is 0 Å². The smallest absolute Gasteiger partial charge is 0.445 e. The predicted octanol–water partition coefficient (Wildman–Crippen LogP) is 4.78. The molecule has 30 heavy (non-hydrogen) atoms. The van der Waals surface area contributed by atoms with Crippen LogP contribution in [-0.2, 0) is 16.1 Å². The number of carbonyl (C=O) groups is 1. The standard InChI is InChI=1S/C22H20F3NO4/c23-22(24,25)30-20-8-6-16(7-9-20)17-10-18-13-28-14-19(11-17)26(18)21(27)29-12-15-4-2-1-3-5-15/h1-10,18-19H,11-14H2. The molecule has 2 aromatic carbocycles. The van der Waals surface area contributed by atoms with Gasteiger partial charge in [0.1, 0.15) is 12.4 Å². The number of rotatable bonds is 4. The molecule has 2 unspecified atom stereocenters. The van der Waals surface area contributed by atoms with E-state index in [1.807, 2.05) is 36.4 Å². The molecule has 0 N–H and O–H groups in total. The molecular weight excluding hydrogens is 399 g/mol. The normalized spacial score (nSPS) is 21.0. The Morgan fingerprint density at radius 3 is 2.47 bits per heavy atom. The lowest BCUT2D eigenvalue weighted by Gasteiger charge is -2.43. The molecule has 4 rings (SSSR count). The van der Waals surface area contributed by atoms with E-state index in [9.17, 15) is 18.0 Å². The lowest BCUT2D eigenvalue weighted by atomic mass is 9.90. The van der Waals surface area contributed by atoms with Gasteiger partial charge in [-0.25, -0.2) is 4.79 Å². The van der Waals surface area contributed by atoms with E-state index < -0.39 is 12.5 Å². The Balaban J connectivity index is 1.46. The molecule has 0 spiro atoms. The van der Waals surface area contributed by atoms with Crippen LogP contribution < -0.4 is 4.74 Å². The Bertz CT molecular complexity index is 912. The van der Waals surface area contributed by atoms with Gasteiger partial charge in [0.25, 0.3) is 0 Å². The number of fused-ring (bicyclic) bond motifs is 2. The minimum atomic E-state index is -4.72. The van der Waals surface area contributed by atoms with Crippen LogP contribution in [0.1, 0.15) is 17.5 Å². The van der Waals surface area contributed by atoms with Crippen LogP contribution in [0, 0.1) is 0 Å². The van der Waals surface area contributed by atoms with Crippen molar-refractivity contribution in [1.29, 1.82) is 0 Å². The topological polar surface area (TPSA) is 48.0 Å². The van der Waals surface area contributed by atoms with E-state index in [1.165, 1.54) is 12.1 Å². The number of hydrogen-bond acceptors (Lipinski definition) is 4. The third-order valence-electron chi connectivity index (χ3n) is 5.07. The lowest BCUT2D eigenvalue weighted by molar-refractivity contribution is -0.274. The number of benzene rings is 2. The van der Waals surface area contributed by atoms with Gasteiger partial charge in [-0.3, -0.25) is 4.90 Å². The third kappa shape index (κ3) is 4.76. The number of halogens is 3. The molecule has 2 aliphatic heterocycles. The highest BCUT2D eigenvalue weighted by molar-refractivity contribution is 5.74. The maximum atomic E-state index is 12.7. The Morgan fingerprint density at radius 1 is 1.07 bits per heavy atom. The number of nitrogens with zero attached hydrogens (tertiary/aromatic N) is 1. The summed E-state index contributed by atoms with van der Waals surface area (Å²) in [4.78, 5) is 14.4. The number of hydrogen-bond donors (Lipinski definition) is 0. The van der Waals surface area contributed by atoms with E-state index in [4.69, 9.17) is 9.47 Å². The molecule has 8 heteroatoms. The van der Waals surface area contributed by atoms with E-state index in [1.54, 1.807) is 17.0 Å². The van der Waals surface area contributed by atoms with E-state index in [2.05, 4.69) is 4.74 Å². The molecule has 1 fully saturated rings. The van der Waals surface area contributed by atoms with Crippen molar-refractivity contribution < 1.29 is 32.2 Å². The van der Waals surface area contributed by atoms with Crippen molar-refractivity contribution in [2.45, 2.75) is 31.5 Å². The summed E-state index contributed by atoms with van der Waals surface area (Å²) in [6, 6.07) is 14.7. The SMILES string of the molecule is O=C(OCc1ccccc1)N1C2C=C(c3ccc(OC(F)(F)F)cc3)CC1COC2. The highest BCUT2D eigenvalue weighted by Crippen LogP contribution is 2.34. The molecule has 2 heterocycles. The molecule has 158 valence electrons. The van der Waals surface area contributed by atoms with Crippen molar-refractivity contribution in [3.05, 3.63) is 71.8 Å². The fourth-order valence-corrected chi connectivity index (χ4v) is 3.76. The molecule has 0 aromatic heterocycles. The van der Waals surface area contributed by atoms with Crippen LogP contribution >= 0.6 is 0 Å². The molecule has 2 aliphatic rings. The van der Waals surface area contributed by atoms with Gasteiger partial charge in [0.15, 0.2) is 0 Å². The van der Waals surface area contributed by atoms with Gasteiger partial charge in [-0.2, -0.15) is 0 Å². The minimum Gasteiger partial charge on any atom is -0.445 e. The van der Waals surface area contributed by atoms with Crippen molar-refractivity contribution in [2.75, 3.05) is 13.2 Å². The Hall–Kier alpha value is -3.00. The zero-order valence-corrected chi connectivity index (χ0v) is 16.0. The second-order valence-corrected chi connectivity index (χ2v) is 7.17. The summed E-state index contributed by atoms with van der Waals surface area (Å²) < 4.78 is 52.0. The van der Waals surface area contributed by atoms with Crippen LogP contribution in [0.2, 0.25) is 0 Å². The summed E-state index contributed by atoms with van der Waals surface area (Å²) >= 11 is 0. The molecule has 1 amide bonds. The van der Waals surface area contributed by atoms with E-state index >= 15 is 0 Å². The quantitative estimate of drug-likeness (QED) is 0.716. The average Bonchev–Trinajstić information content (AvgIpc) is 2.71. The molecular formula is C22H20F3NO4. The Morgan fingerprint density at radius 2 is 1.80 bits per heavy atom. The zero-order chi connectivity index (χ0) is 21.1. The number of ether oxygens (including phenoxy) is 3. The lowest BCUT2D eigenvalue weighted by Crippen LogP contribution is -2.56. The summed E-state index contributed by atoms with van der Waals surface area (Å²) in [7, 11) is 0. The van der Waals surface area contributed by atoms with Crippen LogP contribution in [0.3, 0.4) is 0 Å². The molecule has 1 saturated heterocycles.